The molecule has 5 nitrogen and oxygen atoms in total. The summed E-state index contributed by atoms with van der Waals surface area (Å²) >= 11 is 3.57. The molecule has 0 saturated carbocycles. The average Bonchev–Trinajstić information content (AvgIpc) is 2.97. The number of rotatable bonds is 4. The molecular formula is C30H29BrN2O3. The van der Waals surface area contributed by atoms with Crippen molar-refractivity contribution in [1.29, 1.82) is 0 Å². The van der Waals surface area contributed by atoms with Crippen LogP contribution in [0.3, 0.4) is 0 Å². The lowest BCUT2D eigenvalue weighted by atomic mass is 9.73. The Kier molecular flexibility index (Phi) is 6.47. The Balaban J connectivity index is 1.61. The maximum atomic E-state index is 13.7. The minimum Gasteiger partial charge on any atom is -0.489 e. The van der Waals surface area contributed by atoms with E-state index in [2.05, 4.69) is 35.1 Å². The molecule has 0 radical (unpaired) electrons. The third-order valence-electron chi connectivity index (χ3n) is 6.77. The highest BCUT2D eigenvalue weighted by molar-refractivity contribution is 9.10. The van der Waals surface area contributed by atoms with E-state index in [4.69, 9.17) is 4.74 Å². The summed E-state index contributed by atoms with van der Waals surface area (Å²) in [5, 5.41) is 3.53. The summed E-state index contributed by atoms with van der Waals surface area (Å²) in [6.07, 6.45) is 1.16. The minimum atomic E-state index is -0.552. The van der Waals surface area contributed by atoms with Gasteiger partial charge in [0.15, 0.2) is 5.78 Å². The van der Waals surface area contributed by atoms with E-state index in [1.807, 2.05) is 72.8 Å². The summed E-state index contributed by atoms with van der Waals surface area (Å²) in [5.74, 6) is 0.625. The number of amides is 1. The molecule has 0 fully saturated rings. The molecule has 3 aromatic carbocycles. The Hall–Kier alpha value is -3.38. The number of hydrogen-bond donors (Lipinski definition) is 1. The van der Waals surface area contributed by atoms with Crippen molar-refractivity contribution in [3.63, 3.8) is 0 Å². The lowest BCUT2D eigenvalue weighted by molar-refractivity contribution is -0.118. The zero-order valence-electron chi connectivity index (χ0n) is 20.7. The van der Waals surface area contributed by atoms with Crippen LogP contribution in [-0.2, 0) is 16.2 Å². The first kappa shape index (κ1) is 24.3. The molecular weight excluding hydrogens is 516 g/mol. The van der Waals surface area contributed by atoms with Crippen molar-refractivity contribution in [3.8, 4) is 5.75 Å². The van der Waals surface area contributed by atoms with Gasteiger partial charge in [0.25, 0.3) is 0 Å². The summed E-state index contributed by atoms with van der Waals surface area (Å²) in [6.45, 7) is 6.18. The number of ketones is 1. The Morgan fingerprint density at radius 1 is 1.06 bits per heavy atom. The lowest BCUT2D eigenvalue weighted by Gasteiger charge is -2.36. The molecule has 0 aromatic heterocycles. The molecule has 0 saturated heterocycles. The molecule has 1 unspecified atom stereocenters. The van der Waals surface area contributed by atoms with Crippen LogP contribution in [-0.4, -0.2) is 11.7 Å². The van der Waals surface area contributed by atoms with Crippen LogP contribution in [0.25, 0.3) is 0 Å². The number of ether oxygens (including phenoxy) is 1. The molecule has 0 spiro atoms. The van der Waals surface area contributed by atoms with Gasteiger partial charge in [-0.2, -0.15) is 0 Å². The fourth-order valence-corrected chi connectivity index (χ4v) is 5.60. The Morgan fingerprint density at radius 3 is 2.58 bits per heavy atom. The van der Waals surface area contributed by atoms with Crippen LogP contribution in [0.1, 0.15) is 50.8 Å². The summed E-state index contributed by atoms with van der Waals surface area (Å²) in [6, 6.07) is 22.9. The van der Waals surface area contributed by atoms with Crippen molar-refractivity contribution in [3.05, 3.63) is 99.7 Å². The fourth-order valence-electron chi connectivity index (χ4n) is 5.20. The van der Waals surface area contributed by atoms with Crippen molar-refractivity contribution in [2.24, 2.45) is 5.41 Å². The van der Waals surface area contributed by atoms with Gasteiger partial charge in [-0.15, -0.1) is 0 Å². The number of allylic oxidation sites excluding steroid dienone is 1. The van der Waals surface area contributed by atoms with Crippen LogP contribution >= 0.6 is 15.9 Å². The second kappa shape index (κ2) is 9.58. The first-order chi connectivity index (χ1) is 17.2. The molecule has 1 N–H and O–H groups in total. The van der Waals surface area contributed by atoms with Gasteiger partial charge >= 0.3 is 0 Å². The summed E-state index contributed by atoms with van der Waals surface area (Å²) < 4.78 is 7.13. The number of Topliss-reactive ketones (excluding diaryl/α,β-unsaturated/α-hetero) is 1. The molecule has 1 aliphatic heterocycles. The topological polar surface area (TPSA) is 58.6 Å². The van der Waals surface area contributed by atoms with Gasteiger partial charge in [0.1, 0.15) is 12.4 Å². The molecule has 36 heavy (non-hydrogen) atoms. The first-order valence-electron chi connectivity index (χ1n) is 12.1. The lowest BCUT2D eigenvalue weighted by Crippen LogP contribution is -2.38. The number of nitrogens with zero attached hydrogens (tertiary/aromatic N) is 1. The second-order valence-corrected chi connectivity index (χ2v) is 11.1. The molecule has 2 aliphatic rings. The molecule has 184 valence electrons. The van der Waals surface area contributed by atoms with Gasteiger partial charge in [-0.1, -0.05) is 72.2 Å². The zero-order valence-corrected chi connectivity index (χ0v) is 22.3. The number of anilines is 2. The molecule has 6 heteroatoms. The van der Waals surface area contributed by atoms with Crippen molar-refractivity contribution in [2.45, 2.75) is 46.3 Å². The highest BCUT2D eigenvalue weighted by Crippen LogP contribution is 2.48. The molecule has 1 amide bonds. The predicted molar refractivity (Wildman–Crippen MR) is 146 cm³/mol. The summed E-state index contributed by atoms with van der Waals surface area (Å²) in [4.78, 5) is 28.6. The number of benzene rings is 3. The second-order valence-electron chi connectivity index (χ2n) is 10.2. The Morgan fingerprint density at radius 2 is 1.81 bits per heavy atom. The van der Waals surface area contributed by atoms with E-state index in [0.717, 1.165) is 39.1 Å². The SMILES string of the molecule is CC(=O)N1c2ccccc2NC2=C(C(=O)CC(C)(C)C2)C1c1cccc(OCc2ccccc2Br)c1. The molecule has 1 aliphatic carbocycles. The number of carbonyl (C=O) groups excluding carboxylic acids is 2. The van der Waals surface area contributed by atoms with E-state index in [0.29, 0.717) is 24.4 Å². The van der Waals surface area contributed by atoms with Crippen LogP contribution in [0, 0.1) is 5.41 Å². The first-order valence-corrected chi connectivity index (χ1v) is 12.9. The van der Waals surface area contributed by atoms with E-state index >= 15 is 0 Å². The molecule has 1 heterocycles. The van der Waals surface area contributed by atoms with Gasteiger partial charge in [0, 0.05) is 34.7 Å². The highest BCUT2D eigenvalue weighted by Gasteiger charge is 2.42. The van der Waals surface area contributed by atoms with Crippen LogP contribution in [0.15, 0.2) is 88.5 Å². The summed E-state index contributed by atoms with van der Waals surface area (Å²) in [7, 11) is 0. The van der Waals surface area contributed by atoms with Gasteiger partial charge in [-0.25, -0.2) is 0 Å². The van der Waals surface area contributed by atoms with Gasteiger partial charge < -0.3 is 10.1 Å². The molecule has 5 rings (SSSR count). The zero-order chi connectivity index (χ0) is 25.4. The number of para-hydroxylation sites is 2. The van der Waals surface area contributed by atoms with Gasteiger partial charge in [-0.05, 0) is 47.7 Å². The maximum Gasteiger partial charge on any atom is 0.224 e. The Labute approximate surface area is 220 Å². The number of nitrogens with one attached hydrogen (secondary N) is 1. The molecule has 0 bridgehead atoms. The van der Waals surface area contributed by atoms with Gasteiger partial charge in [-0.3, -0.25) is 14.5 Å². The van der Waals surface area contributed by atoms with E-state index in [-0.39, 0.29) is 17.1 Å². The fraction of sp³-hybridized carbons (Fsp3) is 0.267. The van der Waals surface area contributed by atoms with Crippen molar-refractivity contribution in [1.82, 2.24) is 0 Å². The quantitative estimate of drug-likeness (QED) is 0.377. The third kappa shape index (κ3) is 4.70. The van der Waals surface area contributed by atoms with Gasteiger partial charge in [0.05, 0.1) is 17.4 Å². The Bertz CT molecular complexity index is 1380. The van der Waals surface area contributed by atoms with Crippen molar-refractivity contribution >= 4 is 39.0 Å². The van der Waals surface area contributed by atoms with Crippen LogP contribution in [0.5, 0.6) is 5.75 Å². The molecule has 1 atom stereocenters. The van der Waals surface area contributed by atoms with E-state index in [9.17, 15) is 9.59 Å². The molecule has 3 aromatic rings. The largest absolute Gasteiger partial charge is 0.489 e. The van der Waals surface area contributed by atoms with Crippen LogP contribution in [0.2, 0.25) is 0 Å². The smallest absolute Gasteiger partial charge is 0.224 e. The predicted octanol–water partition coefficient (Wildman–Crippen LogP) is 7.19. The third-order valence-corrected chi connectivity index (χ3v) is 7.54. The van der Waals surface area contributed by atoms with Crippen LogP contribution < -0.4 is 15.0 Å². The standard InChI is InChI=1S/C30H29BrN2O3/c1-19(34)33-26-14-7-6-13-24(26)32-25-16-30(2,3)17-27(35)28(25)29(33)20-10-8-11-22(15-20)36-18-21-9-4-5-12-23(21)31/h4-15,29,32H,16-18H2,1-3H3. The van der Waals surface area contributed by atoms with Crippen molar-refractivity contribution in [2.75, 3.05) is 10.2 Å². The number of carbonyl (C=O) groups is 2. The van der Waals surface area contributed by atoms with Gasteiger partial charge in [0.2, 0.25) is 5.91 Å². The summed E-state index contributed by atoms with van der Waals surface area (Å²) in [5.41, 5.74) is 4.84. The number of fused-ring (bicyclic) bond motifs is 1. The number of hydrogen-bond acceptors (Lipinski definition) is 4. The van der Waals surface area contributed by atoms with Crippen LogP contribution in [0.4, 0.5) is 11.4 Å². The average molecular weight is 545 g/mol. The maximum absolute atomic E-state index is 13.7. The monoisotopic (exact) mass is 544 g/mol. The number of halogens is 1. The van der Waals surface area contributed by atoms with E-state index in [1.165, 1.54) is 0 Å². The minimum absolute atomic E-state index is 0.0670. The van der Waals surface area contributed by atoms with E-state index < -0.39 is 6.04 Å². The van der Waals surface area contributed by atoms with E-state index in [1.54, 1.807) is 11.8 Å². The normalized spacial score (nSPS) is 18.6. The highest BCUT2D eigenvalue weighted by atomic mass is 79.9. The van der Waals surface area contributed by atoms with Crippen molar-refractivity contribution < 1.29 is 14.3 Å².